The zero-order valence-electron chi connectivity index (χ0n) is 11.6. The van der Waals surface area contributed by atoms with Gasteiger partial charge in [-0.05, 0) is 36.2 Å². The molecule has 0 unspecified atom stereocenters. The topological polar surface area (TPSA) is 72.2 Å². The summed E-state index contributed by atoms with van der Waals surface area (Å²) in [7, 11) is -3.24. The molecular weight excluding hydrogens is 272 g/mol. The highest BCUT2D eigenvalue weighted by molar-refractivity contribution is 7.90. The van der Waals surface area contributed by atoms with Crippen molar-refractivity contribution in [3.05, 3.63) is 53.6 Å². The molecule has 4 nitrogen and oxygen atoms in total. The first kappa shape index (κ1) is 14.4. The van der Waals surface area contributed by atoms with Gasteiger partial charge in [0.05, 0.1) is 10.6 Å². The molecule has 0 saturated carbocycles. The molecule has 0 heterocycles. The summed E-state index contributed by atoms with van der Waals surface area (Å²) in [4.78, 5) is 0.307. The lowest BCUT2D eigenvalue weighted by Gasteiger charge is -2.13. The van der Waals surface area contributed by atoms with Crippen LogP contribution in [0.2, 0.25) is 0 Å². The van der Waals surface area contributed by atoms with Crippen LogP contribution < -0.4 is 11.1 Å². The Bertz CT molecular complexity index is 724. The Morgan fingerprint density at radius 3 is 2.50 bits per heavy atom. The largest absolute Gasteiger partial charge is 0.399 e. The van der Waals surface area contributed by atoms with Crippen molar-refractivity contribution in [3.8, 4) is 0 Å². The van der Waals surface area contributed by atoms with Gasteiger partial charge in [0, 0.05) is 18.5 Å². The average Bonchev–Trinajstić information content (AvgIpc) is 2.40. The molecule has 20 heavy (non-hydrogen) atoms. The van der Waals surface area contributed by atoms with Crippen LogP contribution in [0, 0.1) is 6.92 Å². The standard InChI is InChI=1S/C15H18N2O2S/c1-11-12(6-5-7-13(11)16)10-17-14-8-3-4-9-15(14)20(2,18)19/h3-9,17H,10,16H2,1-2H3. The maximum Gasteiger partial charge on any atom is 0.177 e. The van der Waals surface area contributed by atoms with Gasteiger partial charge in [-0.25, -0.2) is 8.42 Å². The molecule has 2 aromatic carbocycles. The smallest absolute Gasteiger partial charge is 0.177 e. The van der Waals surface area contributed by atoms with Gasteiger partial charge in [0.2, 0.25) is 0 Å². The molecule has 106 valence electrons. The van der Waals surface area contributed by atoms with Crippen molar-refractivity contribution < 1.29 is 8.42 Å². The number of benzene rings is 2. The normalized spacial score (nSPS) is 11.3. The highest BCUT2D eigenvalue weighted by Crippen LogP contribution is 2.22. The van der Waals surface area contributed by atoms with Crippen molar-refractivity contribution in [2.45, 2.75) is 18.4 Å². The summed E-state index contributed by atoms with van der Waals surface area (Å²) in [6, 6.07) is 12.6. The number of nitrogens with one attached hydrogen (secondary N) is 1. The minimum atomic E-state index is -3.24. The Balaban J connectivity index is 2.26. The maximum atomic E-state index is 11.7. The number of para-hydroxylation sites is 1. The third-order valence-electron chi connectivity index (χ3n) is 3.24. The highest BCUT2D eigenvalue weighted by Gasteiger charge is 2.12. The van der Waals surface area contributed by atoms with E-state index in [0.717, 1.165) is 16.8 Å². The fourth-order valence-electron chi connectivity index (χ4n) is 2.02. The van der Waals surface area contributed by atoms with E-state index in [1.807, 2.05) is 31.2 Å². The first-order chi connectivity index (χ1) is 9.39. The first-order valence-corrected chi connectivity index (χ1v) is 8.15. The molecule has 0 radical (unpaired) electrons. The summed E-state index contributed by atoms with van der Waals surface area (Å²) in [6.45, 7) is 2.48. The van der Waals surface area contributed by atoms with Gasteiger partial charge >= 0.3 is 0 Å². The van der Waals surface area contributed by atoms with Crippen molar-refractivity contribution in [1.29, 1.82) is 0 Å². The van der Waals surface area contributed by atoms with E-state index in [0.29, 0.717) is 17.1 Å². The Labute approximate surface area is 119 Å². The van der Waals surface area contributed by atoms with Crippen molar-refractivity contribution in [2.24, 2.45) is 0 Å². The van der Waals surface area contributed by atoms with Crippen LogP contribution in [0.5, 0.6) is 0 Å². The predicted molar refractivity (Wildman–Crippen MR) is 82.5 cm³/mol. The quantitative estimate of drug-likeness (QED) is 0.849. The zero-order valence-corrected chi connectivity index (χ0v) is 12.4. The van der Waals surface area contributed by atoms with Crippen LogP contribution in [0.4, 0.5) is 11.4 Å². The molecule has 0 fully saturated rings. The summed E-state index contributed by atoms with van der Waals surface area (Å²) in [5.41, 5.74) is 9.27. The van der Waals surface area contributed by atoms with Crippen molar-refractivity contribution in [3.63, 3.8) is 0 Å². The second-order valence-corrected chi connectivity index (χ2v) is 6.74. The number of nitrogen functional groups attached to an aromatic ring is 1. The lowest BCUT2D eigenvalue weighted by atomic mass is 10.1. The molecular formula is C15H18N2O2S. The third-order valence-corrected chi connectivity index (χ3v) is 4.40. The van der Waals surface area contributed by atoms with Crippen LogP contribution in [0.3, 0.4) is 0 Å². The van der Waals surface area contributed by atoms with E-state index in [9.17, 15) is 8.42 Å². The number of rotatable bonds is 4. The molecule has 3 N–H and O–H groups in total. The Hall–Kier alpha value is -2.01. The average molecular weight is 290 g/mol. The predicted octanol–water partition coefficient (Wildman–Crippen LogP) is 2.59. The molecule has 0 aromatic heterocycles. The minimum absolute atomic E-state index is 0.307. The van der Waals surface area contributed by atoms with Gasteiger partial charge in [0.15, 0.2) is 9.84 Å². The van der Waals surface area contributed by atoms with Crippen LogP contribution in [-0.4, -0.2) is 14.7 Å². The van der Waals surface area contributed by atoms with Gasteiger partial charge in [-0.2, -0.15) is 0 Å². The molecule has 0 bridgehead atoms. The maximum absolute atomic E-state index is 11.7. The molecule has 0 aliphatic heterocycles. The summed E-state index contributed by atoms with van der Waals surface area (Å²) >= 11 is 0. The second kappa shape index (κ2) is 5.54. The van der Waals surface area contributed by atoms with Crippen LogP contribution in [0.15, 0.2) is 47.4 Å². The molecule has 0 spiro atoms. The van der Waals surface area contributed by atoms with Gasteiger partial charge in [0.1, 0.15) is 0 Å². The minimum Gasteiger partial charge on any atom is -0.399 e. The highest BCUT2D eigenvalue weighted by atomic mass is 32.2. The molecule has 0 atom stereocenters. The fourth-order valence-corrected chi connectivity index (χ4v) is 2.89. The molecule has 0 saturated heterocycles. The SMILES string of the molecule is Cc1c(N)cccc1CNc1ccccc1S(C)(=O)=O. The number of hydrogen-bond donors (Lipinski definition) is 2. The van der Waals surface area contributed by atoms with Crippen LogP contribution in [-0.2, 0) is 16.4 Å². The molecule has 2 aromatic rings. The Morgan fingerprint density at radius 2 is 1.80 bits per heavy atom. The number of anilines is 2. The Morgan fingerprint density at radius 1 is 1.10 bits per heavy atom. The summed E-state index contributed by atoms with van der Waals surface area (Å²) in [6.07, 6.45) is 1.21. The number of nitrogens with two attached hydrogens (primary N) is 1. The monoisotopic (exact) mass is 290 g/mol. The molecule has 0 aliphatic rings. The van der Waals surface area contributed by atoms with Gasteiger partial charge in [0.25, 0.3) is 0 Å². The van der Waals surface area contributed by atoms with E-state index in [1.54, 1.807) is 18.2 Å². The van der Waals surface area contributed by atoms with E-state index in [2.05, 4.69) is 5.32 Å². The lowest BCUT2D eigenvalue weighted by molar-refractivity contribution is 0.602. The summed E-state index contributed by atoms with van der Waals surface area (Å²) < 4.78 is 23.5. The first-order valence-electron chi connectivity index (χ1n) is 6.26. The zero-order chi connectivity index (χ0) is 14.8. The summed E-state index contributed by atoms with van der Waals surface area (Å²) in [5, 5.41) is 3.17. The van der Waals surface area contributed by atoms with E-state index < -0.39 is 9.84 Å². The van der Waals surface area contributed by atoms with E-state index >= 15 is 0 Å². The van der Waals surface area contributed by atoms with Crippen molar-refractivity contribution in [2.75, 3.05) is 17.3 Å². The van der Waals surface area contributed by atoms with Gasteiger partial charge in [-0.15, -0.1) is 0 Å². The number of hydrogen-bond acceptors (Lipinski definition) is 4. The van der Waals surface area contributed by atoms with Gasteiger partial charge in [-0.1, -0.05) is 24.3 Å². The van der Waals surface area contributed by atoms with E-state index in [-0.39, 0.29) is 0 Å². The van der Waals surface area contributed by atoms with E-state index in [1.165, 1.54) is 6.26 Å². The molecule has 0 amide bonds. The number of sulfone groups is 1. The van der Waals surface area contributed by atoms with E-state index in [4.69, 9.17) is 5.73 Å². The van der Waals surface area contributed by atoms with Gasteiger partial charge < -0.3 is 11.1 Å². The summed E-state index contributed by atoms with van der Waals surface area (Å²) in [5.74, 6) is 0. The lowest BCUT2D eigenvalue weighted by Crippen LogP contribution is -2.07. The Kier molecular flexibility index (Phi) is 3.99. The molecule has 2 rings (SSSR count). The fraction of sp³-hybridized carbons (Fsp3) is 0.200. The van der Waals surface area contributed by atoms with Crippen molar-refractivity contribution >= 4 is 21.2 Å². The van der Waals surface area contributed by atoms with Crippen LogP contribution >= 0.6 is 0 Å². The molecule has 0 aliphatic carbocycles. The van der Waals surface area contributed by atoms with Gasteiger partial charge in [-0.3, -0.25) is 0 Å². The third kappa shape index (κ3) is 3.11. The van der Waals surface area contributed by atoms with Crippen LogP contribution in [0.25, 0.3) is 0 Å². The second-order valence-electron chi connectivity index (χ2n) is 4.75. The van der Waals surface area contributed by atoms with Crippen molar-refractivity contribution in [1.82, 2.24) is 0 Å². The molecule has 5 heteroatoms. The van der Waals surface area contributed by atoms with Crippen LogP contribution in [0.1, 0.15) is 11.1 Å².